The second kappa shape index (κ2) is 7.60. The van der Waals surface area contributed by atoms with E-state index in [1.807, 2.05) is 0 Å². The Morgan fingerprint density at radius 3 is 2.31 bits per heavy atom. The summed E-state index contributed by atoms with van der Waals surface area (Å²) < 4.78 is 18.4. The van der Waals surface area contributed by atoms with Gasteiger partial charge in [-0.1, -0.05) is 12.1 Å². The number of benzene rings is 2. The zero-order chi connectivity index (χ0) is 18.5. The van der Waals surface area contributed by atoms with Gasteiger partial charge >= 0.3 is 0 Å². The highest BCUT2D eigenvalue weighted by atomic mass is 19.1. The second-order valence-electron chi connectivity index (χ2n) is 5.67. The number of nitro benzene ring substituents is 1. The van der Waals surface area contributed by atoms with Crippen LogP contribution in [0.1, 0.15) is 21.7 Å². The third kappa shape index (κ3) is 4.13. The molecule has 1 aromatic heterocycles. The molecule has 0 bridgehead atoms. The van der Waals surface area contributed by atoms with Crippen molar-refractivity contribution in [3.63, 3.8) is 0 Å². The Balaban J connectivity index is 1.84. The molecule has 0 saturated heterocycles. The van der Waals surface area contributed by atoms with Gasteiger partial charge in [0.05, 0.1) is 17.7 Å². The fraction of sp³-hybridized carbons (Fsp3) is 0.105. The Kier molecular flexibility index (Phi) is 5.07. The van der Waals surface area contributed by atoms with E-state index in [9.17, 15) is 19.3 Å². The highest BCUT2D eigenvalue weighted by Gasteiger charge is 2.19. The zero-order valence-corrected chi connectivity index (χ0v) is 13.7. The third-order valence-electron chi connectivity index (χ3n) is 3.83. The highest BCUT2D eigenvalue weighted by molar-refractivity contribution is 5.94. The lowest BCUT2D eigenvalue weighted by molar-refractivity contribution is -0.384. The van der Waals surface area contributed by atoms with Gasteiger partial charge in [-0.15, -0.1) is 0 Å². The van der Waals surface area contributed by atoms with E-state index in [0.29, 0.717) is 11.3 Å². The zero-order valence-electron chi connectivity index (χ0n) is 13.7. The van der Waals surface area contributed by atoms with Crippen LogP contribution in [0.5, 0.6) is 0 Å². The fourth-order valence-corrected chi connectivity index (χ4v) is 2.51. The maximum Gasteiger partial charge on any atom is 0.269 e. The summed E-state index contributed by atoms with van der Waals surface area (Å²) in [5.41, 5.74) is 0.996. The molecular formula is C19H15FN2O4. The molecular weight excluding hydrogens is 339 g/mol. The van der Waals surface area contributed by atoms with Crippen LogP contribution in [0.15, 0.2) is 71.3 Å². The molecule has 132 valence electrons. The quantitative estimate of drug-likeness (QED) is 0.492. The fourth-order valence-electron chi connectivity index (χ4n) is 2.51. The number of non-ortho nitro benzene ring substituents is 1. The lowest BCUT2D eigenvalue weighted by Gasteiger charge is -2.22. The predicted octanol–water partition coefficient (Wildman–Crippen LogP) is 4.17. The molecule has 7 heteroatoms. The van der Waals surface area contributed by atoms with Crippen LogP contribution >= 0.6 is 0 Å². The van der Waals surface area contributed by atoms with Crippen LogP contribution in [0.4, 0.5) is 10.1 Å². The van der Waals surface area contributed by atoms with E-state index in [1.54, 1.807) is 24.3 Å². The molecule has 0 aliphatic carbocycles. The van der Waals surface area contributed by atoms with Crippen molar-refractivity contribution in [2.45, 2.75) is 13.1 Å². The number of hydrogen-bond acceptors (Lipinski definition) is 4. The summed E-state index contributed by atoms with van der Waals surface area (Å²) in [6.45, 7) is 0.469. The lowest BCUT2D eigenvalue weighted by atomic mass is 10.1. The van der Waals surface area contributed by atoms with Gasteiger partial charge in [-0.05, 0) is 42.0 Å². The molecule has 0 N–H and O–H groups in total. The normalized spacial score (nSPS) is 10.5. The lowest BCUT2D eigenvalue weighted by Crippen LogP contribution is -2.30. The van der Waals surface area contributed by atoms with Crippen LogP contribution in [0.25, 0.3) is 0 Å². The summed E-state index contributed by atoms with van der Waals surface area (Å²) in [5, 5.41) is 10.8. The van der Waals surface area contributed by atoms with Crippen LogP contribution in [0, 0.1) is 15.9 Å². The van der Waals surface area contributed by atoms with E-state index in [0.717, 1.165) is 5.56 Å². The summed E-state index contributed by atoms with van der Waals surface area (Å²) in [4.78, 5) is 24.6. The minimum absolute atomic E-state index is 0.0855. The number of rotatable bonds is 6. The molecule has 1 amide bonds. The third-order valence-corrected chi connectivity index (χ3v) is 3.83. The highest BCUT2D eigenvalue weighted by Crippen LogP contribution is 2.17. The number of nitro groups is 1. The number of furan rings is 1. The molecule has 0 saturated carbocycles. The summed E-state index contributed by atoms with van der Waals surface area (Å²) in [6.07, 6.45) is 1.52. The van der Waals surface area contributed by atoms with Crippen molar-refractivity contribution in [2.24, 2.45) is 0 Å². The van der Waals surface area contributed by atoms with Gasteiger partial charge in [0.25, 0.3) is 11.6 Å². The Morgan fingerprint density at radius 1 is 1.04 bits per heavy atom. The number of amides is 1. The number of carbonyl (C=O) groups is 1. The molecule has 0 aliphatic rings. The van der Waals surface area contributed by atoms with Gasteiger partial charge in [-0.25, -0.2) is 4.39 Å². The van der Waals surface area contributed by atoms with Crippen molar-refractivity contribution in [1.82, 2.24) is 4.90 Å². The minimum Gasteiger partial charge on any atom is -0.467 e. The summed E-state index contributed by atoms with van der Waals surface area (Å²) in [7, 11) is 0. The minimum atomic E-state index is -0.520. The molecule has 0 atom stereocenters. The van der Waals surface area contributed by atoms with Gasteiger partial charge in [0.1, 0.15) is 11.6 Å². The standard InChI is InChI=1S/C19H15FN2O4/c20-16-7-3-14(4-8-16)12-21(13-18-2-1-11-26-18)19(23)15-5-9-17(10-6-15)22(24)25/h1-11H,12-13H2. The van der Waals surface area contributed by atoms with E-state index in [1.165, 1.54) is 47.6 Å². The van der Waals surface area contributed by atoms with Gasteiger partial charge in [0.15, 0.2) is 0 Å². The van der Waals surface area contributed by atoms with Crippen molar-refractivity contribution >= 4 is 11.6 Å². The Morgan fingerprint density at radius 2 is 1.73 bits per heavy atom. The molecule has 26 heavy (non-hydrogen) atoms. The van der Waals surface area contributed by atoms with Gasteiger partial charge < -0.3 is 9.32 Å². The Hall–Kier alpha value is -3.48. The SMILES string of the molecule is O=C(c1ccc([N+](=O)[O-])cc1)N(Cc1ccc(F)cc1)Cc1ccco1. The van der Waals surface area contributed by atoms with Gasteiger partial charge in [0, 0.05) is 24.2 Å². The van der Waals surface area contributed by atoms with Crippen LogP contribution < -0.4 is 0 Å². The molecule has 3 aromatic rings. The van der Waals surface area contributed by atoms with Crippen LogP contribution in [-0.4, -0.2) is 15.7 Å². The van der Waals surface area contributed by atoms with Gasteiger partial charge in [0.2, 0.25) is 0 Å². The molecule has 0 aliphatic heterocycles. The molecule has 3 rings (SSSR count). The first-order chi connectivity index (χ1) is 12.5. The van der Waals surface area contributed by atoms with Gasteiger partial charge in [-0.2, -0.15) is 0 Å². The predicted molar refractivity (Wildman–Crippen MR) is 91.8 cm³/mol. The van der Waals surface area contributed by atoms with E-state index in [-0.39, 0.29) is 30.5 Å². The average Bonchev–Trinajstić information content (AvgIpc) is 3.15. The molecule has 0 fully saturated rings. The molecule has 0 spiro atoms. The van der Waals surface area contributed by atoms with Crippen molar-refractivity contribution in [3.8, 4) is 0 Å². The van der Waals surface area contributed by atoms with Crippen molar-refractivity contribution < 1.29 is 18.5 Å². The number of nitrogens with zero attached hydrogens (tertiary/aromatic N) is 2. The Bertz CT molecular complexity index is 890. The maximum absolute atomic E-state index is 13.1. The first kappa shape index (κ1) is 17.3. The molecule has 0 unspecified atom stereocenters. The maximum atomic E-state index is 13.1. The summed E-state index contributed by atoms with van der Waals surface area (Å²) >= 11 is 0. The summed E-state index contributed by atoms with van der Waals surface area (Å²) in [6, 6.07) is 14.8. The summed E-state index contributed by atoms with van der Waals surface area (Å²) in [5.74, 6) is -0.0592. The van der Waals surface area contributed by atoms with E-state index in [4.69, 9.17) is 4.42 Å². The largest absolute Gasteiger partial charge is 0.467 e. The van der Waals surface area contributed by atoms with Gasteiger partial charge in [-0.3, -0.25) is 14.9 Å². The smallest absolute Gasteiger partial charge is 0.269 e. The second-order valence-corrected chi connectivity index (χ2v) is 5.67. The molecule has 0 radical (unpaired) electrons. The van der Waals surface area contributed by atoms with Crippen molar-refractivity contribution in [1.29, 1.82) is 0 Å². The Labute approximate surface area is 148 Å². The molecule has 6 nitrogen and oxygen atoms in total. The van der Waals surface area contributed by atoms with E-state index < -0.39 is 4.92 Å². The van der Waals surface area contributed by atoms with Crippen LogP contribution in [-0.2, 0) is 13.1 Å². The number of hydrogen-bond donors (Lipinski definition) is 0. The van der Waals surface area contributed by atoms with Crippen molar-refractivity contribution in [3.05, 3.63) is 99.7 Å². The molecule has 1 heterocycles. The first-order valence-electron chi connectivity index (χ1n) is 7.83. The van der Waals surface area contributed by atoms with Crippen LogP contribution in [0.3, 0.4) is 0 Å². The average molecular weight is 354 g/mol. The number of halogens is 1. The van der Waals surface area contributed by atoms with Crippen molar-refractivity contribution in [2.75, 3.05) is 0 Å². The topological polar surface area (TPSA) is 76.6 Å². The first-order valence-corrected chi connectivity index (χ1v) is 7.83. The van der Waals surface area contributed by atoms with E-state index >= 15 is 0 Å². The number of carbonyl (C=O) groups excluding carboxylic acids is 1. The monoisotopic (exact) mass is 354 g/mol. The van der Waals surface area contributed by atoms with E-state index in [2.05, 4.69) is 0 Å². The molecule has 2 aromatic carbocycles. The van der Waals surface area contributed by atoms with Crippen LogP contribution in [0.2, 0.25) is 0 Å².